The van der Waals surface area contributed by atoms with E-state index in [1.807, 2.05) is 0 Å². The smallest absolute Gasteiger partial charge is 0.352 e. The first-order valence-corrected chi connectivity index (χ1v) is 16.3. The molecule has 9 atom stereocenters. The van der Waals surface area contributed by atoms with E-state index in [0.29, 0.717) is 5.56 Å². The molecule has 2 bridgehead atoms. The molecule has 5 rings (SSSR count). The van der Waals surface area contributed by atoms with Crippen molar-refractivity contribution in [3.8, 4) is 0 Å². The number of allylic oxidation sites excluding steroid dienone is 1. The van der Waals surface area contributed by atoms with E-state index in [4.69, 9.17) is 28.1 Å². The van der Waals surface area contributed by atoms with Crippen LogP contribution in [0.1, 0.15) is 86.3 Å². The third kappa shape index (κ3) is 5.23. The van der Waals surface area contributed by atoms with E-state index in [2.05, 4.69) is 0 Å². The van der Waals surface area contributed by atoms with Crippen LogP contribution in [0.4, 0.5) is 0 Å². The predicted molar refractivity (Wildman–Crippen MR) is 168 cm³/mol. The molecule has 0 amide bonds. The SMILES string of the molecule is C/C=C(\C)C(=O)O[C@H]1C(C)(C)[C@H](CC(=O)OC)[C@]2(C)C(=O)[C@@]1(O)[C@@H](OC(C)=O)C1=C3[C@@H](OC(C)=O)C(=O)O[C@@H](c4ccoc4)[C@]3(C)CC[C@@H]12. The van der Waals surface area contributed by atoms with Gasteiger partial charge in [-0.15, -0.1) is 0 Å². The third-order valence-electron chi connectivity index (χ3n) is 11.5. The van der Waals surface area contributed by atoms with Gasteiger partial charge in [0.1, 0.15) is 12.2 Å². The molecule has 1 aliphatic heterocycles. The van der Waals surface area contributed by atoms with E-state index >= 15 is 4.79 Å². The van der Waals surface area contributed by atoms with Crippen LogP contribution in [0.3, 0.4) is 0 Å². The fraction of sp³-hybridized carbons (Fsp3) is 0.611. The summed E-state index contributed by atoms with van der Waals surface area (Å²) >= 11 is 0. The van der Waals surface area contributed by atoms with Crippen LogP contribution in [-0.2, 0) is 52.5 Å². The summed E-state index contributed by atoms with van der Waals surface area (Å²) in [6, 6.07) is 1.63. The summed E-state index contributed by atoms with van der Waals surface area (Å²) in [7, 11) is 1.22. The van der Waals surface area contributed by atoms with Crippen LogP contribution in [0, 0.1) is 28.1 Å². The molecule has 0 spiro atoms. The number of cyclic esters (lactones) is 1. The van der Waals surface area contributed by atoms with E-state index in [9.17, 15) is 29.1 Å². The van der Waals surface area contributed by atoms with Crippen LogP contribution in [0.2, 0.25) is 0 Å². The number of ketones is 1. The zero-order valence-corrected chi connectivity index (χ0v) is 29.2. The second kappa shape index (κ2) is 12.3. The molecule has 2 heterocycles. The Morgan fingerprint density at radius 1 is 1.02 bits per heavy atom. The number of esters is 5. The quantitative estimate of drug-likeness (QED) is 0.189. The first-order valence-electron chi connectivity index (χ1n) is 16.3. The Hall–Kier alpha value is -4.26. The van der Waals surface area contributed by atoms with E-state index in [-0.39, 0.29) is 36.0 Å². The highest BCUT2D eigenvalue weighted by Gasteiger charge is 2.78. The van der Waals surface area contributed by atoms with Gasteiger partial charge in [0.05, 0.1) is 19.6 Å². The number of methoxy groups -OCH3 is 1. The van der Waals surface area contributed by atoms with Crippen molar-refractivity contribution in [1.29, 1.82) is 0 Å². The number of hydrogen-bond donors (Lipinski definition) is 1. The second-order valence-corrected chi connectivity index (χ2v) is 14.6. The summed E-state index contributed by atoms with van der Waals surface area (Å²) in [5, 5.41) is 13.0. The molecule has 0 radical (unpaired) electrons. The third-order valence-corrected chi connectivity index (χ3v) is 11.5. The predicted octanol–water partition coefficient (Wildman–Crippen LogP) is 3.87. The van der Waals surface area contributed by atoms with Crippen molar-refractivity contribution >= 4 is 35.6 Å². The Bertz CT molecular complexity index is 1650. The molecule has 13 nitrogen and oxygen atoms in total. The number of furan rings is 1. The van der Waals surface area contributed by atoms with Gasteiger partial charge in [0, 0.05) is 47.6 Å². The molecular formula is C36H44O13. The van der Waals surface area contributed by atoms with Crippen molar-refractivity contribution in [3.05, 3.63) is 47.0 Å². The van der Waals surface area contributed by atoms with Crippen molar-refractivity contribution in [2.75, 3.05) is 7.11 Å². The van der Waals surface area contributed by atoms with Gasteiger partial charge >= 0.3 is 29.8 Å². The van der Waals surface area contributed by atoms with Crippen LogP contribution in [-0.4, -0.2) is 71.8 Å². The van der Waals surface area contributed by atoms with Crippen molar-refractivity contribution in [1.82, 2.24) is 0 Å². The van der Waals surface area contributed by atoms with Gasteiger partial charge < -0.3 is 33.2 Å². The molecule has 3 fully saturated rings. The molecule has 0 unspecified atom stereocenters. The van der Waals surface area contributed by atoms with Gasteiger partial charge in [-0.3, -0.25) is 19.2 Å². The number of Topliss-reactive ketones (excluding diaryl/α,β-unsaturated/α-hetero) is 1. The zero-order chi connectivity index (χ0) is 36.4. The molecule has 3 aliphatic carbocycles. The Morgan fingerprint density at radius 2 is 1.67 bits per heavy atom. The maximum atomic E-state index is 15.1. The van der Waals surface area contributed by atoms with E-state index in [1.54, 1.807) is 40.7 Å². The van der Waals surface area contributed by atoms with Crippen molar-refractivity contribution in [2.45, 2.75) is 105 Å². The Labute approximate surface area is 284 Å². The highest BCUT2D eigenvalue weighted by Crippen LogP contribution is 2.69. The molecule has 49 heavy (non-hydrogen) atoms. The molecule has 2 saturated carbocycles. The minimum absolute atomic E-state index is 0.180. The highest BCUT2D eigenvalue weighted by molar-refractivity contribution is 6.00. The van der Waals surface area contributed by atoms with Crippen LogP contribution < -0.4 is 0 Å². The van der Waals surface area contributed by atoms with Gasteiger partial charge in [0.15, 0.2) is 11.9 Å². The number of carbonyl (C=O) groups excluding carboxylic acids is 6. The Morgan fingerprint density at radius 3 is 2.22 bits per heavy atom. The summed E-state index contributed by atoms with van der Waals surface area (Å²) in [5.74, 6) is -6.60. The minimum atomic E-state index is -2.72. The monoisotopic (exact) mass is 684 g/mol. The lowest BCUT2D eigenvalue weighted by molar-refractivity contribution is -0.257. The average Bonchev–Trinajstić information content (AvgIpc) is 3.57. The fourth-order valence-electron chi connectivity index (χ4n) is 9.21. The van der Waals surface area contributed by atoms with Gasteiger partial charge in [-0.1, -0.05) is 33.8 Å². The lowest BCUT2D eigenvalue weighted by Crippen LogP contribution is -2.80. The van der Waals surface area contributed by atoms with Crippen LogP contribution in [0.25, 0.3) is 0 Å². The summed E-state index contributed by atoms with van der Waals surface area (Å²) in [4.78, 5) is 80.9. The van der Waals surface area contributed by atoms with E-state index in [1.165, 1.54) is 32.6 Å². The van der Waals surface area contributed by atoms with Crippen LogP contribution >= 0.6 is 0 Å². The highest BCUT2D eigenvalue weighted by atomic mass is 16.6. The molecule has 4 aliphatic rings. The molecule has 13 heteroatoms. The minimum Gasteiger partial charge on any atom is -0.472 e. The first kappa shape index (κ1) is 36.0. The van der Waals surface area contributed by atoms with E-state index in [0.717, 1.165) is 13.8 Å². The normalized spacial score (nSPS) is 36.5. The maximum absolute atomic E-state index is 15.1. The number of fused-ring (bicyclic) bond motifs is 5. The summed E-state index contributed by atoms with van der Waals surface area (Å²) in [6.45, 7) is 12.2. The average molecular weight is 685 g/mol. The van der Waals surface area contributed by atoms with Gasteiger partial charge in [-0.2, -0.15) is 0 Å². The number of rotatable bonds is 7. The number of aliphatic hydroxyl groups is 1. The summed E-state index contributed by atoms with van der Waals surface area (Å²) in [5.41, 5.74) is -5.65. The molecular weight excluding hydrogens is 640 g/mol. The van der Waals surface area contributed by atoms with Gasteiger partial charge in [-0.25, -0.2) is 9.59 Å². The number of ether oxygens (including phenoxy) is 5. The van der Waals surface area contributed by atoms with Gasteiger partial charge in [-0.05, 0) is 55.7 Å². The lowest BCUT2D eigenvalue weighted by Gasteiger charge is -2.67. The standard InChI is InChI=1S/C36H44O13/c1-10-17(2)29(40)49-32-33(5,6)22(15-23(39)44-9)35(8)21-11-13-34(7)25(24(21)28(47-19(4)38)36(32,43)31(35)42)26(46-18(3)37)30(41)48-27(34)20-12-14-45-16-20/h10,12,14,16,21-22,26-28,32,43H,11,13,15H2,1-9H3/b17-10+/t21-,22-,26+,27-,28-,32-,34+,35+,36-/m0/s1. The largest absolute Gasteiger partial charge is 0.472 e. The second-order valence-electron chi connectivity index (χ2n) is 14.6. The molecule has 1 N–H and O–H groups in total. The molecule has 1 aromatic heterocycles. The summed E-state index contributed by atoms with van der Waals surface area (Å²) < 4.78 is 33.9. The first-order chi connectivity index (χ1) is 22.8. The maximum Gasteiger partial charge on any atom is 0.352 e. The van der Waals surface area contributed by atoms with Gasteiger partial charge in [0.25, 0.3) is 0 Å². The van der Waals surface area contributed by atoms with Crippen molar-refractivity contribution < 1.29 is 62.0 Å². The fourth-order valence-corrected chi connectivity index (χ4v) is 9.21. The van der Waals surface area contributed by atoms with Crippen molar-refractivity contribution in [2.24, 2.45) is 28.1 Å². The summed E-state index contributed by atoms with van der Waals surface area (Å²) in [6.07, 6.45) is -1.46. The van der Waals surface area contributed by atoms with E-state index < -0.39 is 93.7 Å². The van der Waals surface area contributed by atoms with Crippen molar-refractivity contribution in [3.63, 3.8) is 0 Å². The number of hydrogen-bond acceptors (Lipinski definition) is 13. The van der Waals surface area contributed by atoms with Crippen LogP contribution in [0.5, 0.6) is 0 Å². The van der Waals surface area contributed by atoms with Crippen LogP contribution in [0.15, 0.2) is 45.8 Å². The topological polar surface area (TPSA) is 182 Å². The lowest BCUT2D eigenvalue weighted by atomic mass is 9.38. The molecule has 1 aromatic rings. The zero-order valence-electron chi connectivity index (χ0n) is 29.2. The van der Waals surface area contributed by atoms with Gasteiger partial charge in [0.2, 0.25) is 11.7 Å². The molecule has 266 valence electrons. The molecule has 1 saturated heterocycles. The Balaban J connectivity index is 1.91. The molecule has 0 aromatic carbocycles. The Kier molecular flexibility index (Phi) is 9.01. The number of carbonyl (C=O) groups is 6.